The standard InChI is InChI=1S/C16H14ClIN2O2S/c1-9-4-3-5-11(14(9)22-2)15(21)20-16(23)19-13-7-6-10(18)8-12(13)17/h3-8H,1-2H3,(H2,19,20,21,23). The molecule has 1 amide bonds. The number of carbonyl (C=O) groups excluding carboxylic acids is 1. The molecule has 0 heterocycles. The summed E-state index contributed by atoms with van der Waals surface area (Å²) in [5, 5.41) is 6.24. The number of thiocarbonyl (C=S) groups is 1. The zero-order valence-electron chi connectivity index (χ0n) is 12.4. The smallest absolute Gasteiger partial charge is 0.261 e. The summed E-state index contributed by atoms with van der Waals surface area (Å²) in [6, 6.07) is 10.8. The van der Waals surface area contributed by atoms with Gasteiger partial charge in [-0.05, 0) is 71.6 Å². The van der Waals surface area contributed by atoms with Gasteiger partial charge in [0.15, 0.2) is 5.11 Å². The molecule has 0 unspecified atom stereocenters. The lowest BCUT2D eigenvalue weighted by molar-refractivity contribution is 0.0974. The Labute approximate surface area is 158 Å². The van der Waals surface area contributed by atoms with E-state index in [4.69, 9.17) is 28.6 Å². The monoisotopic (exact) mass is 460 g/mol. The zero-order chi connectivity index (χ0) is 17.0. The minimum atomic E-state index is -0.343. The Balaban J connectivity index is 2.11. The molecule has 0 fully saturated rings. The molecule has 23 heavy (non-hydrogen) atoms. The van der Waals surface area contributed by atoms with Gasteiger partial charge in [0.05, 0.1) is 23.4 Å². The molecule has 0 spiro atoms. The molecule has 0 aliphatic rings. The Hall–Kier alpha value is -1.38. The predicted molar refractivity (Wildman–Crippen MR) is 106 cm³/mol. The second-order valence-corrected chi connectivity index (χ2v) is 6.75. The van der Waals surface area contributed by atoms with Crippen molar-refractivity contribution in [3.05, 3.63) is 56.1 Å². The maximum Gasteiger partial charge on any atom is 0.261 e. The first-order valence-corrected chi connectivity index (χ1v) is 8.50. The molecule has 2 aromatic carbocycles. The highest BCUT2D eigenvalue weighted by Gasteiger charge is 2.15. The van der Waals surface area contributed by atoms with Crippen LogP contribution in [0, 0.1) is 10.5 Å². The number of para-hydroxylation sites is 1. The molecule has 2 rings (SSSR count). The number of hydrogen-bond acceptors (Lipinski definition) is 3. The molecule has 0 aliphatic carbocycles. The number of rotatable bonds is 3. The van der Waals surface area contributed by atoms with Gasteiger partial charge in [-0.1, -0.05) is 23.7 Å². The molecule has 0 aliphatic heterocycles. The first-order chi connectivity index (χ1) is 10.9. The van der Waals surface area contributed by atoms with Crippen molar-refractivity contribution in [3.8, 4) is 5.75 Å². The quantitative estimate of drug-likeness (QED) is 0.527. The SMILES string of the molecule is COc1c(C)cccc1C(=O)NC(=S)Nc1ccc(I)cc1Cl. The predicted octanol–water partition coefficient (Wildman–Crippen LogP) is 4.39. The highest BCUT2D eigenvalue weighted by atomic mass is 127. The third-order valence-electron chi connectivity index (χ3n) is 3.07. The van der Waals surface area contributed by atoms with Gasteiger partial charge in [-0.25, -0.2) is 0 Å². The number of aryl methyl sites for hydroxylation is 1. The summed E-state index contributed by atoms with van der Waals surface area (Å²) in [6.45, 7) is 1.87. The Kier molecular flexibility index (Phi) is 6.20. The minimum Gasteiger partial charge on any atom is -0.496 e. The van der Waals surface area contributed by atoms with Crippen LogP contribution in [0.5, 0.6) is 5.75 Å². The van der Waals surface area contributed by atoms with E-state index in [1.165, 1.54) is 7.11 Å². The van der Waals surface area contributed by atoms with E-state index in [9.17, 15) is 4.79 Å². The topological polar surface area (TPSA) is 50.4 Å². The van der Waals surface area contributed by atoms with E-state index in [2.05, 4.69) is 33.2 Å². The van der Waals surface area contributed by atoms with E-state index in [-0.39, 0.29) is 11.0 Å². The van der Waals surface area contributed by atoms with Crippen molar-refractivity contribution < 1.29 is 9.53 Å². The summed E-state index contributed by atoms with van der Waals surface area (Å²) in [7, 11) is 1.53. The fourth-order valence-electron chi connectivity index (χ4n) is 2.02. The van der Waals surface area contributed by atoms with Crippen LogP contribution >= 0.6 is 46.4 Å². The van der Waals surface area contributed by atoms with Gasteiger partial charge in [0, 0.05) is 3.57 Å². The molecule has 0 radical (unpaired) electrons. The number of hydrogen-bond donors (Lipinski definition) is 2. The number of carbonyl (C=O) groups is 1. The number of benzene rings is 2. The van der Waals surface area contributed by atoms with Crippen LogP contribution in [0.3, 0.4) is 0 Å². The second kappa shape index (κ2) is 7.94. The van der Waals surface area contributed by atoms with Crippen molar-refractivity contribution >= 4 is 63.1 Å². The van der Waals surface area contributed by atoms with Crippen LogP contribution < -0.4 is 15.4 Å². The maximum absolute atomic E-state index is 12.4. The second-order valence-electron chi connectivity index (χ2n) is 4.69. The Bertz CT molecular complexity index is 768. The molecule has 0 bridgehead atoms. The Morgan fingerprint density at radius 2 is 2.04 bits per heavy atom. The molecule has 7 heteroatoms. The Morgan fingerprint density at radius 1 is 1.30 bits per heavy atom. The summed E-state index contributed by atoms with van der Waals surface area (Å²) in [5.74, 6) is 0.185. The highest BCUT2D eigenvalue weighted by Crippen LogP contribution is 2.24. The highest BCUT2D eigenvalue weighted by molar-refractivity contribution is 14.1. The fraction of sp³-hybridized carbons (Fsp3) is 0.125. The molecule has 0 saturated carbocycles. The van der Waals surface area contributed by atoms with E-state index in [0.29, 0.717) is 22.0 Å². The normalized spacial score (nSPS) is 10.1. The summed E-state index contributed by atoms with van der Waals surface area (Å²) >= 11 is 13.5. The number of methoxy groups -OCH3 is 1. The summed E-state index contributed by atoms with van der Waals surface area (Å²) in [6.07, 6.45) is 0. The van der Waals surface area contributed by atoms with Crippen LogP contribution in [-0.2, 0) is 0 Å². The zero-order valence-corrected chi connectivity index (χ0v) is 16.2. The molecule has 120 valence electrons. The van der Waals surface area contributed by atoms with Crippen molar-refractivity contribution in [2.45, 2.75) is 6.92 Å². The number of halogens is 2. The van der Waals surface area contributed by atoms with Crippen LogP contribution in [0.2, 0.25) is 5.02 Å². The molecule has 2 N–H and O–H groups in total. The van der Waals surface area contributed by atoms with Crippen LogP contribution in [-0.4, -0.2) is 18.1 Å². The van der Waals surface area contributed by atoms with Gasteiger partial charge in [0.25, 0.3) is 5.91 Å². The lowest BCUT2D eigenvalue weighted by Crippen LogP contribution is -2.34. The van der Waals surface area contributed by atoms with Crippen LogP contribution in [0.4, 0.5) is 5.69 Å². The average molecular weight is 461 g/mol. The van der Waals surface area contributed by atoms with Gasteiger partial charge in [-0.15, -0.1) is 0 Å². The van der Waals surface area contributed by atoms with Gasteiger partial charge in [-0.2, -0.15) is 0 Å². The largest absolute Gasteiger partial charge is 0.496 e. The van der Waals surface area contributed by atoms with Gasteiger partial charge < -0.3 is 10.1 Å². The van der Waals surface area contributed by atoms with Crippen molar-refractivity contribution in [3.63, 3.8) is 0 Å². The van der Waals surface area contributed by atoms with Crippen LogP contribution in [0.25, 0.3) is 0 Å². The number of amides is 1. The van der Waals surface area contributed by atoms with E-state index in [1.807, 2.05) is 19.1 Å². The third-order valence-corrected chi connectivity index (χ3v) is 4.25. The van der Waals surface area contributed by atoms with E-state index in [1.54, 1.807) is 24.3 Å². The van der Waals surface area contributed by atoms with Gasteiger partial charge >= 0.3 is 0 Å². The summed E-state index contributed by atoms with van der Waals surface area (Å²) in [4.78, 5) is 12.4. The molecule has 2 aromatic rings. The first-order valence-electron chi connectivity index (χ1n) is 6.63. The lowest BCUT2D eigenvalue weighted by atomic mass is 10.1. The number of anilines is 1. The molecule has 0 atom stereocenters. The van der Waals surface area contributed by atoms with Crippen molar-refractivity contribution in [1.82, 2.24) is 5.32 Å². The van der Waals surface area contributed by atoms with E-state index < -0.39 is 0 Å². The van der Waals surface area contributed by atoms with E-state index >= 15 is 0 Å². The molecular formula is C16H14ClIN2O2S. The van der Waals surface area contributed by atoms with Crippen molar-refractivity contribution in [1.29, 1.82) is 0 Å². The third kappa shape index (κ3) is 4.55. The fourth-order valence-corrected chi connectivity index (χ4v) is 3.12. The molecular weight excluding hydrogens is 447 g/mol. The molecule has 0 aromatic heterocycles. The Morgan fingerprint density at radius 3 is 2.70 bits per heavy atom. The lowest BCUT2D eigenvalue weighted by Gasteiger charge is -2.13. The summed E-state index contributed by atoms with van der Waals surface area (Å²) < 4.78 is 6.29. The molecule has 0 saturated heterocycles. The minimum absolute atomic E-state index is 0.168. The van der Waals surface area contributed by atoms with Crippen LogP contribution in [0.1, 0.15) is 15.9 Å². The average Bonchev–Trinajstić information content (AvgIpc) is 2.49. The summed E-state index contributed by atoms with van der Waals surface area (Å²) in [5.41, 5.74) is 1.93. The first kappa shape index (κ1) is 18.0. The van der Waals surface area contributed by atoms with E-state index in [0.717, 1.165) is 9.13 Å². The maximum atomic E-state index is 12.4. The van der Waals surface area contributed by atoms with Crippen molar-refractivity contribution in [2.75, 3.05) is 12.4 Å². The van der Waals surface area contributed by atoms with Gasteiger partial charge in [0.2, 0.25) is 0 Å². The van der Waals surface area contributed by atoms with Crippen molar-refractivity contribution in [2.24, 2.45) is 0 Å². The number of nitrogens with one attached hydrogen (secondary N) is 2. The van der Waals surface area contributed by atoms with Crippen LogP contribution in [0.15, 0.2) is 36.4 Å². The molecule has 4 nitrogen and oxygen atoms in total. The van der Waals surface area contributed by atoms with Gasteiger partial charge in [-0.3, -0.25) is 10.1 Å². The van der Waals surface area contributed by atoms with Gasteiger partial charge in [0.1, 0.15) is 5.75 Å². The number of ether oxygens (including phenoxy) is 1.